The number of nitrogens with zero attached hydrogens (tertiary/aromatic N) is 8. The fourth-order valence-corrected chi connectivity index (χ4v) is 21.0. The van der Waals surface area contributed by atoms with Gasteiger partial charge in [-0.25, -0.2) is 19.4 Å². The molecule has 0 radical (unpaired) electrons. The van der Waals surface area contributed by atoms with Gasteiger partial charge < -0.3 is 17.7 Å². The molecule has 2 saturated carbocycles. The van der Waals surface area contributed by atoms with E-state index in [0.717, 1.165) is 274 Å². The SMILES string of the molecule is [2H]C([2H])(c1cc(C)[n+](C)c(-c2c(C)ccc3c2oc2c(-c4ccccc4)c([N+]#[C-])ccc23)c1)C(C)(C)C.[2H]C([2H])(c1cc(C)[n+](C)c(-c2c(C)ccc3c2oc2c(-c4ccccc4)c([N+]#[C-])ccc23)c1)C(C)C.[2H]C1(c2cc(C)[n+](C)c(-c3c(C)ccc4c3oc3c(-c5ccccc5)c([N+]#[C-])ccc34)c2)CCCC1.[2H]C1(c2cc(C)[n+](C)c(-c3c(C)ccc4c3oc3c(-c5ccccc5)c([N+]#[C-])ccc34)c2)CCCCC1. The van der Waals surface area contributed by atoms with Crippen molar-refractivity contribution in [2.45, 2.75) is 172 Å². The minimum absolute atomic E-state index is 0.166. The van der Waals surface area contributed by atoms with Crippen molar-refractivity contribution in [3.63, 3.8) is 0 Å². The zero-order valence-electron chi connectivity index (χ0n) is 89.1. The van der Waals surface area contributed by atoms with Gasteiger partial charge in [0.1, 0.15) is 72.9 Å². The summed E-state index contributed by atoms with van der Waals surface area (Å²) < 4.78 is 89.2. The molecule has 0 aliphatic heterocycles. The number of rotatable bonds is 13. The van der Waals surface area contributed by atoms with Crippen LogP contribution in [0.15, 0.2) is 285 Å². The first-order chi connectivity index (χ1) is 69.9. The van der Waals surface area contributed by atoms with Crippen LogP contribution in [0.2, 0.25) is 0 Å². The molecule has 8 aromatic heterocycles. The molecule has 0 atom stereocenters. The van der Waals surface area contributed by atoms with E-state index in [2.05, 4.69) is 166 Å². The Kier molecular flexibility index (Phi) is 23.8. The Balaban J connectivity index is 0.000000123. The molecular weight excluding hydrogens is 1710 g/mol. The Morgan fingerprint density at radius 3 is 0.807 bits per heavy atom. The predicted octanol–water partition coefficient (Wildman–Crippen LogP) is 34.1. The van der Waals surface area contributed by atoms with Crippen LogP contribution < -0.4 is 18.3 Å². The minimum atomic E-state index is -1.53. The molecule has 692 valence electrons. The quantitative estimate of drug-likeness (QED) is 0.0850. The average molecular weight is 1840 g/mol. The van der Waals surface area contributed by atoms with Gasteiger partial charge in [0.15, 0.2) is 45.5 Å². The van der Waals surface area contributed by atoms with Crippen molar-refractivity contribution in [1.29, 1.82) is 0 Å². The molecule has 140 heavy (non-hydrogen) atoms. The van der Waals surface area contributed by atoms with Gasteiger partial charge in [0.2, 0.25) is 22.8 Å². The van der Waals surface area contributed by atoms with E-state index < -0.39 is 29.9 Å². The van der Waals surface area contributed by atoms with E-state index in [9.17, 15) is 1.37 Å². The number of aromatic nitrogens is 4. The van der Waals surface area contributed by atoms with Crippen LogP contribution in [0.4, 0.5) is 22.7 Å². The van der Waals surface area contributed by atoms with E-state index in [-0.39, 0.29) is 5.92 Å². The summed E-state index contributed by atoms with van der Waals surface area (Å²) in [4.78, 5) is 15.2. The Morgan fingerprint density at radius 1 is 0.307 bits per heavy atom. The van der Waals surface area contributed by atoms with E-state index in [1.54, 1.807) is 0 Å². The summed E-state index contributed by atoms with van der Waals surface area (Å²) in [6, 6.07) is 89.0. The summed E-state index contributed by atoms with van der Waals surface area (Å²) in [5, 5.41) is 8.01. The lowest BCUT2D eigenvalue weighted by molar-refractivity contribution is -0.666. The lowest BCUT2D eigenvalue weighted by atomic mass is 9.83. The molecule has 2 aliphatic carbocycles. The van der Waals surface area contributed by atoms with E-state index in [4.69, 9.17) is 50.8 Å². The molecule has 2 fully saturated rings. The summed E-state index contributed by atoms with van der Waals surface area (Å²) in [5.41, 5.74) is 34.9. The van der Waals surface area contributed by atoms with Gasteiger partial charge in [0.25, 0.3) is 0 Å². The molecule has 0 spiro atoms. The monoisotopic (exact) mass is 1840 g/mol. The van der Waals surface area contributed by atoms with Crippen LogP contribution in [-0.4, -0.2) is 0 Å². The smallest absolute Gasteiger partial charge is 0.216 e. The summed E-state index contributed by atoms with van der Waals surface area (Å²) >= 11 is 0. The number of aryl methyl sites for hydroxylation is 8. The van der Waals surface area contributed by atoms with Crippen molar-refractivity contribution in [3.8, 4) is 89.5 Å². The second-order valence-electron chi connectivity index (χ2n) is 39.2. The number of benzene rings is 12. The van der Waals surface area contributed by atoms with Gasteiger partial charge >= 0.3 is 0 Å². The number of hydrogen-bond acceptors (Lipinski definition) is 4. The molecule has 0 bridgehead atoms. The molecule has 12 heteroatoms. The molecule has 22 rings (SSSR count). The lowest BCUT2D eigenvalue weighted by Gasteiger charge is -2.22. The predicted molar refractivity (Wildman–Crippen MR) is 575 cm³/mol. The normalized spacial score (nSPS) is 14.2. The van der Waals surface area contributed by atoms with Gasteiger partial charge in [-0.1, -0.05) is 285 Å². The second-order valence-corrected chi connectivity index (χ2v) is 39.2. The summed E-state index contributed by atoms with van der Waals surface area (Å²) in [6.45, 7) is 57.4. The largest absolute Gasteiger partial charge is 0.456 e. The van der Waals surface area contributed by atoms with Gasteiger partial charge in [-0.15, -0.1) is 0 Å². The highest BCUT2D eigenvalue weighted by molar-refractivity contribution is 6.19. The van der Waals surface area contributed by atoms with Gasteiger partial charge in [-0.3, -0.25) is 0 Å². The lowest BCUT2D eigenvalue weighted by Crippen LogP contribution is -2.35. The molecule has 0 amide bonds. The first-order valence-corrected chi connectivity index (χ1v) is 48.7. The first kappa shape index (κ1) is 86.0. The molecule has 0 unspecified atom stereocenters. The Bertz CT molecular complexity index is 8590. The van der Waals surface area contributed by atoms with Crippen LogP contribution in [0.3, 0.4) is 0 Å². The van der Waals surface area contributed by atoms with Crippen LogP contribution in [-0.2, 0) is 40.9 Å². The van der Waals surface area contributed by atoms with Crippen LogP contribution in [0.5, 0.6) is 0 Å². The number of pyridine rings is 4. The maximum Gasteiger partial charge on any atom is 0.216 e. The van der Waals surface area contributed by atoms with Gasteiger partial charge in [-0.2, -0.15) is 18.3 Å². The molecule has 8 heterocycles. The summed E-state index contributed by atoms with van der Waals surface area (Å²) in [6.07, 6.45) is 6.33. The summed E-state index contributed by atoms with van der Waals surface area (Å²) in [7, 11) is 8.20. The van der Waals surface area contributed by atoms with Crippen molar-refractivity contribution in [2.24, 2.45) is 39.5 Å². The van der Waals surface area contributed by atoms with Gasteiger partial charge in [0.05, 0.1) is 48.5 Å². The van der Waals surface area contributed by atoms with E-state index in [1.165, 1.54) is 6.42 Å². The number of fused-ring (bicyclic) bond motifs is 12. The number of furan rings is 4. The van der Waals surface area contributed by atoms with E-state index in [1.807, 2.05) is 257 Å². The molecule has 12 nitrogen and oxygen atoms in total. The highest BCUT2D eigenvalue weighted by atomic mass is 16.3. The van der Waals surface area contributed by atoms with Crippen LogP contribution in [0.1, 0.15) is 180 Å². The minimum Gasteiger partial charge on any atom is -0.456 e. The zero-order valence-corrected chi connectivity index (χ0v) is 83.1. The van der Waals surface area contributed by atoms with E-state index in [0.29, 0.717) is 45.0 Å². The third-order valence-corrected chi connectivity index (χ3v) is 28.4. The maximum atomic E-state index is 9.30. The molecule has 2 aliphatic rings. The van der Waals surface area contributed by atoms with Crippen molar-refractivity contribution in [3.05, 3.63) is 380 Å². The van der Waals surface area contributed by atoms with E-state index >= 15 is 0 Å². The Labute approximate surface area is 830 Å². The molecular formula is C128H120N8O4+4. The van der Waals surface area contributed by atoms with Gasteiger partial charge in [-0.05, 0) is 156 Å². The highest BCUT2D eigenvalue weighted by Crippen LogP contribution is 2.52. The van der Waals surface area contributed by atoms with Crippen LogP contribution in [0.25, 0.3) is 197 Å². The van der Waals surface area contributed by atoms with Crippen molar-refractivity contribution < 1.29 is 44.2 Å². The van der Waals surface area contributed by atoms with Crippen molar-refractivity contribution in [2.75, 3.05) is 0 Å². The first-order valence-electron chi connectivity index (χ1n) is 51.7. The molecule has 0 saturated heterocycles. The standard InChI is InChI=1S/C33H31N2O.C32H29N2O.C32H31N2O.C31H29N2O/c1-21-15-16-26-27-17-18-28(34-3)31(24-13-9-6-10-14-24)33(27)36-32(26)30(21)29-20-25(19-22(2)35(29)4)23-11-7-5-8-12-23;1-20-14-15-25-26-16-17-27(33-3)30(23-12-6-5-7-13-23)32(26)35-31(25)29(20)28-19-24(18-21(2)34(28)4)22-10-8-9-11-22;1-20-13-14-24-25-15-16-26(33-6)29(23-11-9-8-10-12-23)31(25)35-30(24)28(20)27-18-22(19-32(3,4)5)17-21(2)34(27)7;1-19(2)16-22-17-21(4)33(6)27(18-22)28-20(3)12-13-24-25-14-15-26(32-5)29(31(25)34-30(24)28)23-10-8-7-9-11-23/h6,9-10,13-20,23H,5,7-8,11-12H2,1-2,4H3;5-7,12-19,22H,8-11H2,1-2,4H3;8-18H,19H2,1-5,7H3;7-15,17-19H,16H2,1-4,6H3/q4*+1/i23D;22D;19D2;16D2. The van der Waals surface area contributed by atoms with Crippen molar-refractivity contribution in [1.82, 2.24) is 0 Å². The average Bonchev–Trinajstić information content (AvgIpc) is 1.57. The van der Waals surface area contributed by atoms with Crippen LogP contribution >= 0.6 is 0 Å². The van der Waals surface area contributed by atoms with Gasteiger partial charge in [0, 0.05) is 150 Å². The molecule has 20 aromatic rings. The van der Waals surface area contributed by atoms with Crippen molar-refractivity contribution >= 4 is 111 Å². The molecule has 0 N–H and O–H groups in total. The molecule has 12 aromatic carbocycles. The van der Waals surface area contributed by atoms with Crippen LogP contribution in [0, 0.1) is 93.0 Å². The Hall–Kier alpha value is -15.6. The fourth-order valence-electron chi connectivity index (χ4n) is 21.0. The summed E-state index contributed by atoms with van der Waals surface area (Å²) in [5.74, 6) is -1.22. The second kappa shape index (κ2) is 38.8. The highest BCUT2D eigenvalue weighted by Gasteiger charge is 2.34. The number of hydrogen-bond donors (Lipinski definition) is 0. The fraction of sp³-hybridized carbons (Fsp3) is 0.250. The maximum absolute atomic E-state index is 9.30. The third kappa shape index (κ3) is 17.6. The zero-order chi connectivity index (χ0) is 103. The Morgan fingerprint density at radius 2 is 0.543 bits per heavy atom. The third-order valence-electron chi connectivity index (χ3n) is 28.4. The topological polar surface area (TPSA) is 85.5 Å².